The molecule has 3 heterocycles. The van der Waals surface area contributed by atoms with Crippen LogP contribution in [0.4, 0.5) is 9.80 Å². The van der Waals surface area contributed by atoms with Crippen LogP contribution in [-0.4, -0.2) is 39.9 Å². The lowest BCUT2D eigenvalue weighted by Gasteiger charge is -2.31. The highest BCUT2D eigenvalue weighted by atomic mass is 32.1. The van der Waals surface area contributed by atoms with E-state index in [1.807, 2.05) is 41.8 Å². The molecule has 1 aliphatic heterocycles. The first kappa shape index (κ1) is 17.5. The monoisotopic (exact) mass is 383 g/mol. The van der Waals surface area contributed by atoms with Crippen molar-refractivity contribution in [2.24, 2.45) is 5.92 Å². The van der Waals surface area contributed by atoms with Gasteiger partial charge in [0, 0.05) is 13.1 Å². The van der Waals surface area contributed by atoms with E-state index in [1.54, 1.807) is 4.90 Å². The Morgan fingerprint density at radius 3 is 2.96 bits per heavy atom. The van der Waals surface area contributed by atoms with Gasteiger partial charge in [0.15, 0.2) is 0 Å². The molecule has 1 fully saturated rings. The van der Waals surface area contributed by atoms with Crippen LogP contribution in [0, 0.1) is 5.92 Å². The second-order valence-electron chi connectivity index (χ2n) is 6.61. The summed E-state index contributed by atoms with van der Waals surface area (Å²) in [6.45, 7) is 1.46. The Hall–Kier alpha value is -2.87. The molecule has 1 aliphatic rings. The predicted molar refractivity (Wildman–Crippen MR) is 106 cm³/mol. The number of rotatable bonds is 4. The van der Waals surface area contributed by atoms with Crippen molar-refractivity contribution in [1.29, 1.82) is 0 Å². The summed E-state index contributed by atoms with van der Waals surface area (Å²) < 4.78 is 0. The number of anilines is 1. The van der Waals surface area contributed by atoms with Gasteiger partial charge in [-0.15, -0.1) is 11.3 Å². The van der Waals surface area contributed by atoms with E-state index in [2.05, 4.69) is 20.6 Å². The highest BCUT2D eigenvalue weighted by Gasteiger charge is 2.28. The Labute approximate surface area is 160 Å². The number of para-hydroxylation sites is 2. The number of likely N-dealkylation sites (tertiary alicyclic amines) is 1. The van der Waals surface area contributed by atoms with Crippen LogP contribution in [0.5, 0.6) is 0 Å². The number of benzene rings is 1. The number of carbonyl (C=O) groups excluding carboxylic acids is 2. The van der Waals surface area contributed by atoms with Crippen LogP contribution in [0.15, 0.2) is 41.8 Å². The molecule has 8 heteroatoms. The minimum absolute atomic E-state index is 0.0379. The molecule has 7 nitrogen and oxygen atoms in total. The molecule has 1 atom stereocenters. The summed E-state index contributed by atoms with van der Waals surface area (Å²) in [5.41, 5.74) is 1.84. The van der Waals surface area contributed by atoms with E-state index in [9.17, 15) is 9.59 Å². The summed E-state index contributed by atoms with van der Waals surface area (Å²) in [7, 11) is 0. The van der Waals surface area contributed by atoms with Crippen LogP contribution in [0.25, 0.3) is 11.0 Å². The number of fused-ring (bicyclic) bond motifs is 1. The number of aromatic amines is 1. The van der Waals surface area contributed by atoms with Gasteiger partial charge < -0.3 is 15.2 Å². The summed E-state index contributed by atoms with van der Waals surface area (Å²) >= 11 is 1.48. The van der Waals surface area contributed by atoms with Gasteiger partial charge >= 0.3 is 6.03 Å². The fourth-order valence-electron chi connectivity index (χ4n) is 3.31. The molecule has 3 aromatic rings. The summed E-state index contributed by atoms with van der Waals surface area (Å²) in [5.74, 6) is 0.494. The van der Waals surface area contributed by atoms with E-state index in [4.69, 9.17) is 0 Å². The Kier molecular flexibility index (Phi) is 5.06. The van der Waals surface area contributed by atoms with Crippen molar-refractivity contribution in [3.63, 3.8) is 0 Å². The van der Waals surface area contributed by atoms with Crippen LogP contribution in [0.1, 0.15) is 18.7 Å². The molecule has 0 saturated carbocycles. The first-order chi connectivity index (χ1) is 13.2. The van der Waals surface area contributed by atoms with Gasteiger partial charge in [0.2, 0.25) is 5.91 Å². The van der Waals surface area contributed by atoms with Crippen LogP contribution in [0.2, 0.25) is 0 Å². The molecule has 3 N–H and O–H groups in total. The number of H-pyrrole nitrogens is 1. The van der Waals surface area contributed by atoms with Gasteiger partial charge in [-0.1, -0.05) is 12.1 Å². The third-order valence-electron chi connectivity index (χ3n) is 4.70. The molecule has 2 aromatic heterocycles. The second kappa shape index (κ2) is 7.79. The third-order valence-corrected chi connectivity index (χ3v) is 5.48. The summed E-state index contributed by atoms with van der Waals surface area (Å²) in [6.07, 6.45) is 1.61. The van der Waals surface area contributed by atoms with Crippen molar-refractivity contribution in [2.45, 2.75) is 19.4 Å². The van der Waals surface area contributed by atoms with Gasteiger partial charge in [-0.2, -0.15) is 0 Å². The number of nitrogens with one attached hydrogen (secondary N) is 3. The van der Waals surface area contributed by atoms with Crippen LogP contribution in [-0.2, 0) is 11.3 Å². The maximum absolute atomic E-state index is 12.6. The zero-order valence-electron chi connectivity index (χ0n) is 14.8. The molecule has 4 rings (SSSR count). The number of imidazole rings is 1. The molecule has 1 saturated heterocycles. The fourth-order valence-corrected chi connectivity index (χ4v) is 3.92. The maximum atomic E-state index is 12.6. The number of hydrogen-bond acceptors (Lipinski definition) is 4. The van der Waals surface area contributed by atoms with E-state index >= 15 is 0 Å². The van der Waals surface area contributed by atoms with E-state index < -0.39 is 0 Å². The normalized spacial score (nSPS) is 17.0. The van der Waals surface area contributed by atoms with Crippen molar-refractivity contribution < 1.29 is 9.59 Å². The zero-order valence-corrected chi connectivity index (χ0v) is 15.6. The van der Waals surface area contributed by atoms with E-state index in [0.29, 0.717) is 19.6 Å². The lowest BCUT2D eigenvalue weighted by Crippen LogP contribution is -2.46. The molecule has 27 heavy (non-hydrogen) atoms. The van der Waals surface area contributed by atoms with Crippen molar-refractivity contribution in [1.82, 2.24) is 20.2 Å². The minimum atomic E-state index is -0.197. The molecule has 0 spiro atoms. The van der Waals surface area contributed by atoms with Gasteiger partial charge in [0.05, 0.1) is 28.5 Å². The van der Waals surface area contributed by atoms with Gasteiger partial charge in [-0.3, -0.25) is 10.1 Å². The molecule has 1 aromatic carbocycles. The zero-order chi connectivity index (χ0) is 18.6. The summed E-state index contributed by atoms with van der Waals surface area (Å²) in [5, 5.41) is 8.56. The molecule has 0 bridgehead atoms. The number of urea groups is 1. The Balaban J connectivity index is 1.32. The van der Waals surface area contributed by atoms with E-state index in [0.717, 1.165) is 34.7 Å². The fraction of sp³-hybridized carbons (Fsp3) is 0.316. The van der Waals surface area contributed by atoms with Gasteiger partial charge in [0.25, 0.3) is 0 Å². The topological polar surface area (TPSA) is 90.1 Å². The smallest absolute Gasteiger partial charge is 0.322 e. The molecule has 0 aliphatic carbocycles. The molecule has 3 amide bonds. The highest BCUT2D eigenvalue weighted by molar-refractivity contribution is 7.14. The minimum Gasteiger partial charge on any atom is -0.349 e. The molecule has 1 unspecified atom stereocenters. The number of aromatic nitrogens is 2. The molecular formula is C19H21N5O2S. The predicted octanol–water partition coefficient (Wildman–Crippen LogP) is 3.18. The number of amides is 3. The first-order valence-electron chi connectivity index (χ1n) is 9.00. The summed E-state index contributed by atoms with van der Waals surface area (Å²) in [6, 6.07) is 11.4. The second-order valence-corrected chi connectivity index (χ2v) is 7.56. The van der Waals surface area contributed by atoms with Gasteiger partial charge in [0.1, 0.15) is 5.82 Å². The molecule has 140 valence electrons. The first-order valence-corrected chi connectivity index (χ1v) is 9.88. The standard InChI is InChI=1S/C19H21N5O2S/c25-18(20-11-16-21-14-6-1-2-7-15(14)22-16)13-5-3-9-24(12-13)19(26)23-17-8-4-10-27-17/h1-2,4,6-8,10,13H,3,5,9,11-12H2,(H,20,25)(H,21,22)(H,23,26). The van der Waals surface area contributed by atoms with E-state index in [1.165, 1.54) is 11.3 Å². The lowest BCUT2D eigenvalue weighted by molar-refractivity contribution is -0.126. The van der Waals surface area contributed by atoms with Gasteiger partial charge in [-0.05, 0) is 42.5 Å². The van der Waals surface area contributed by atoms with Crippen LogP contribution >= 0.6 is 11.3 Å². The third kappa shape index (κ3) is 4.11. The number of hydrogen-bond donors (Lipinski definition) is 3. The van der Waals surface area contributed by atoms with Gasteiger partial charge in [-0.25, -0.2) is 9.78 Å². The average molecular weight is 383 g/mol. The quantitative estimate of drug-likeness (QED) is 0.646. The van der Waals surface area contributed by atoms with E-state index in [-0.39, 0.29) is 17.9 Å². The Bertz CT molecular complexity index is 904. The Morgan fingerprint density at radius 1 is 1.26 bits per heavy atom. The van der Waals surface area contributed by atoms with Crippen molar-refractivity contribution in [3.8, 4) is 0 Å². The number of carbonyl (C=O) groups is 2. The van der Waals surface area contributed by atoms with Crippen molar-refractivity contribution in [3.05, 3.63) is 47.6 Å². The number of nitrogens with zero attached hydrogens (tertiary/aromatic N) is 2. The lowest BCUT2D eigenvalue weighted by atomic mass is 9.97. The molecule has 0 radical (unpaired) electrons. The number of piperidine rings is 1. The average Bonchev–Trinajstić information content (AvgIpc) is 3.35. The maximum Gasteiger partial charge on any atom is 0.322 e. The molecular weight excluding hydrogens is 362 g/mol. The SMILES string of the molecule is O=C(NCc1nc2ccccc2[nH]1)C1CCCN(C(=O)Nc2cccs2)C1. The summed E-state index contributed by atoms with van der Waals surface area (Å²) in [4.78, 5) is 34.3. The highest BCUT2D eigenvalue weighted by Crippen LogP contribution is 2.20. The van der Waals surface area contributed by atoms with Crippen LogP contribution < -0.4 is 10.6 Å². The van der Waals surface area contributed by atoms with Crippen LogP contribution in [0.3, 0.4) is 0 Å². The Morgan fingerprint density at radius 2 is 2.15 bits per heavy atom. The number of thiophene rings is 1. The largest absolute Gasteiger partial charge is 0.349 e. The van der Waals surface area contributed by atoms with Crippen molar-refractivity contribution in [2.75, 3.05) is 18.4 Å². The van der Waals surface area contributed by atoms with Crippen molar-refractivity contribution >= 4 is 39.3 Å².